The fraction of sp³-hybridized carbons (Fsp3) is 0.857. The average molecular weight is 252 g/mol. The molecule has 0 spiro atoms. The second-order valence-electron chi connectivity index (χ2n) is 6.18. The molecule has 104 valence electrons. The summed E-state index contributed by atoms with van der Waals surface area (Å²) >= 11 is 0. The number of nitrogens with zero attached hydrogens (tertiary/aromatic N) is 3. The number of aryl methyl sites for hydroxylation is 1. The summed E-state index contributed by atoms with van der Waals surface area (Å²) in [4.78, 5) is 4.36. The highest BCUT2D eigenvalue weighted by atomic mass is 15.3. The Balaban J connectivity index is 2.63. The van der Waals surface area contributed by atoms with Crippen LogP contribution in [-0.2, 0) is 13.0 Å². The average Bonchev–Trinajstić information content (AvgIpc) is 2.73. The molecule has 1 aromatic rings. The molecule has 1 heterocycles. The minimum Gasteiger partial charge on any atom is -0.317 e. The second kappa shape index (κ2) is 6.32. The zero-order valence-electron chi connectivity index (χ0n) is 12.7. The van der Waals surface area contributed by atoms with Gasteiger partial charge < -0.3 is 5.32 Å². The van der Waals surface area contributed by atoms with Crippen LogP contribution in [0.2, 0.25) is 0 Å². The third-order valence-electron chi connectivity index (χ3n) is 3.95. The number of aromatic nitrogens is 3. The van der Waals surface area contributed by atoms with Gasteiger partial charge >= 0.3 is 0 Å². The lowest BCUT2D eigenvalue weighted by Gasteiger charge is -2.30. The standard InChI is InChI=1S/C14H28N4/c1-7-18-13(16-10-17-18)9-12(15-6)8-11(2)14(3,4)5/h10-12,15H,7-9H2,1-6H3. The van der Waals surface area contributed by atoms with E-state index in [1.54, 1.807) is 6.33 Å². The van der Waals surface area contributed by atoms with Gasteiger partial charge in [-0.05, 0) is 31.7 Å². The van der Waals surface area contributed by atoms with E-state index in [-0.39, 0.29) is 0 Å². The van der Waals surface area contributed by atoms with Crippen LogP contribution in [0.5, 0.6) is 0 Å². The quantitative estimate of drug-likeness (QED) is 0.846. The van der Waals surface area contributed by atoms with E-state index in [4.69, 9.17) is 0 Å². The maximum atomic E-state index is 4.36. The highest BCUT2D eigenvalue weighted by Crippen LogP contribution is 2.29. The Morgan fingerprint density at radius 2 is 2.06 bits per heavy atom. The molecule has 1 aromatic heterocycles. The molecule has 1 N–H and O–H groups in total. The van der Waals surface area contributed by atoms with Gasteiger partial charge in [0, 0.05) is 19.0 Å². The first-order valence-corrected chi connectivity index (χ1v) is 6.92. The number of nitrogens with one attached hydrogen (secondary N) is 1. The van der Waals surface area contributed by atoms with Gasteiger partial charge in [0.2, 0.25) is 0 Å². The van der Waals surface area contributed by atoms with Crippen molar-refractivity contribution in [1.29, 1.82) is 0 Å². The van der Waals surface area contributed by atoms with Gasteiger partial charge in [-0.15, -0.1) is 0 Å². The molecular weight excluding hydrogens is 224 g/mol. The van der Waals surface area contributed by atoms with Crippen molar-refractivity contribution in [3.63, 3.8) is 0 Å². The molecule has 0 aliphatic heterocycles. The van der Waals surface area contributed by atoms with Gasteiger partial charge in [-0.25, -0.2) is 4.98 Å². The molecule has 18 heavy (non-hydrogen) atoms. The lowest BCUT2D eigenvalue weighted by molar-refractivity contribution is 0.223. The Morgan fingerprint density at radius 1 is 1.39 bits per heavy atom. The summed E-state index contributed by atoms with van der Waals surface area (Å²) in [5, 5.41) is 7.64. The summed E-state index contributed by atoms with van der Waals surface area (Å²) in [5.41, 5.74) is 0.355. The van der Waals surface area contributed by atoms with Gasteiger partial charge in [-0.1, -0.05) is 27.7 Å². The van der Waals surface area contributed by atoms with Crippen LogP contribution >= 0.6 is 0 Å². The topological polar surface area (TPSA) is 42.7 Å². The van der Waals surface area contributed by atoms with Crippen LogP contribution in [0.4, 0.5) is 0 Å². The van der Waals surface area contributed by atoms with E-state index in [1.165, 1.54) is 0 Å². The third kappa shape index (κ3) is 4.09. The summed E-state index contributed by atoms with van der Waals surface area (Å²) in [6.07, 6.45) is 3.76. The molecule has 0 radical (unpaired) electrons. The predicted octanol–water partition coefficient (Wildman–Crippen LogP) is 2.50. The molecule has 0 aromatic carbocycles. The summed E-state index contributed by atoms with van der Waals surface area (Å²) in [5.74, 6) is 1.76. The third-order valence-corrected chi connectivity index (χ3v) is 3.95. The maximum Gasteiger partial charge on any atom is 0.138 e. The van der Waals surface area contributed by atoms with Crippen LogP contribution in [0.3, 0.4) is 0 Å². The number of likely N-dealkylation sites (N-methyl/N-ethyl adjacent to an activating group) is 1. The Labute approximate surface area is 111 Å². The molecule has 2 atom stereocenters. The monoisotopic (exact) mass is 252 g/mol. The molecule has 0 saturated carbocycles. The van der Waals surface area contributed by atoms with Crippen LogP contribution in [0.15, 0.2) is 6.33 Å². The van der Waals surface area contributed by atoms with E-state index in [1.807, 2.05) is 11.7 Å². The van der Waals surface area contributed by atoms with Crippen molar-refractivity contribution in [3.05, 3.63) is 12.2 Å². The molecule has 1 rings (SSSR count). The normalized spacial score (nSPS) is 15.7. The smallest absolute Gasteiger partial charge is 0.138 e. The van der Waals surface area contributed by atoms with E-state index in [0.29, 0.717) is 17.4 Å². The molecule has 0 bridgehead atoms. The minimum absolute atomic E-state index is 0.355. The van der Waals surface area contributed by atoms with Gasteiger partial charge in [-0.2, -0.15) is 5.10 Å². The predicted molar refractivity (Wildman–Crippen MR) is 75.5 cm³/mol. The maximum absolute atomic E-state index is 4.36. The molecule has 4 heteroatoms. The highest BCUT2D eigenvalue weighted by Gasteiger charge is 2.23. The lowest BCUT2D eigenvalue weighted by atomic mass is 9.78. The van der Waals surface area contributed by atoms with Gasteiger partial charge in [0.15, 0.2) is 0 Å². The van der Waals surface area contributed by atoms with Crippen molar-refractivity contribution in [1.82, 2.24) is 20.1 Å². The first-order chi connectivity index (χ1) is 8.38. The van der Waals surface area contributed by atoms with E-state index in [9.17, 15) is 0 Å². The van der Waals surface area contributed by atoms with Crippen LogP contribution in [0, 0.1) is 11.3 Å². The number of hydrogen-bond acceptors (Lipinski definition) is 3. The fourth-order valence-corrected chi connectivity index (χ4v) is 2.01. The van der Waals surface area contributed by atoms with Crippen LogP contribution in [0.25, 0.3) is 0 Å². The Kier molecular flexibility index (Phi) is 5.32. The van der Waals surface area contributed by atoms with Crippen molar-refractivity contribution in [2.24, 2.45) is 11.3 Å². The summed E-state index contributed by atoms with van der Waals surface area (Å²) < 4.78 is 1.98. The molecule has 0 amide bonds. The van der Waals surface area contributed by atoms with Crippen molar-refractivity contribution < 1.29 is 0 Å². The van der Waals surface area contributed by atoms with Crippen molar-refractivity contribution in [2.75, 3.05) is 7.05 Å². The van der Waals surface area contributed by atoms with E-state index < -0.39 is 0 Å². The summed E-state index contributed by atoms with van der Waals surface area (Å²) in [6, 6.07) is 0.466. The Hall–Kier alpha value is -0.900. The second-order valence-corrected chi connectivity index (χ2v) is 6.18. The molecular formula is C14H28N4. The van der Waals surface area contributed by atoms with Crippen LogP contribution in [-0.4, -0.2) is 27.9 Å². The highest BCUT2D eigenvalue weighted by molar-refractivity contribution is 4.90. The number of rotatable bonds is 6. The summed E-state index contributed by atoms with van der Waals surface area (Å²) in [6.45, 7) is 12.2. The zero-order valence-corrected chi connectivity index (χ0v) is 12.7. The van der Waals surface area contributed by atoms with Gasteiger partial charge in [0.05, 0.1) is 0 Å². The van der Waals surface area contributed by atoms with Crippen LogP contribution in [0.1, 0.15) is 46.9 Å². The van der Waals surface area contributed by atoms with Crippen LogP contribution < -0.4 is 5.32 Å². The van der Waals surface area contributed by atoms with E-state index in [0.717, 1.165) is 25.2 Å². The first kappa shape index (κ1) is 15.2. The van der Waals surface area contributed by atoms with Crippen molar-refractivity contribution in [3.8, 4) is 0 Å². The lowest BCUT2D eigenvalue weighted by Crippen LogP contribution is -2.33. The van der Waals surface area contributed by atoms with Gasteiger partial charge in [0.25, 0.3) is 0 Å². The van der Waals surface area contributed by atoms with E-state index >= 15 is 0 Å². The largest absolute Gasteiger partial charge is 0.317 e. The zero-order chi connectivity index (χ0) is 13.8. The Bertz CT molecular complexity index is 351. The minimum atomic E-state index is 0.355. The van der Waals surface area contributed by atoms with E-state index in [2.05, 4.69) is 50.0 Å². The fourth-order valence-electron chi connectivity index (χ4n) is 2.01. The molecule has 4 nitrogen and oxygen atoms in total. The molecule has 0 saturated heterocycles. The SMILES string of the molecule is CCn1ncnc1CC(CC(C)C(C)(C)C)NC. The molecule has 0 aliphatic carbocycles. The molecule has 0 fully saturated rings. The summed E-state index contributed by atoms with van der Waals surface area (Å²) in [7, 11) is 2.03. The molecule has 0 aliphatic rings. The van der Waals surface area contributed by atoms with Gasteiger partial charge in [0.1, 0.15) is 12.2 Å². The van der Waals surface area contributed by atoms with Crippen molar-refractivity contribution in [2.45, 2.75) is 60.0 Å². The number of hydrogen-bond donors (Lipinski definition) is 1. The van der Waals surface area contributed by atoms with Gasteiger partial charge in [-0.3, -0.25) is 4.68 Å². The molecule has 2 unspecified atom stereocenters. The Morgan fingerprint density at radius 3 is 2.56 bits per heavy atom. The van der Waals surface area contributed by atoms with Crippen molar-refractivity contribution >= 4 is 0 Å². The first-order valence-electron chi connectivity index (χ1n) is 6.92.